The molecule has 170 valence electrons. The topological polar surface area (TPSA) is 69.1 Å². The number of ether oxygens (including phenoxy) is 1. The van der Waals surface area contributed by atoms with Gasteiger partial charge in [-0.05, 0) is 62.4 Å². The van der Waals surface area contributed by atoms with Gasteiger partial charge in [0.05, 0.1) is 13.2 Å². The molecule has 0 spiro atoms. The van der Waals surface area contributed by atoms with Gasteiger partial charge in [-0.15, -0.1) is 24.0 Å². The Balaban J connectivity index is 0.00000341. The molecule has 6 nitrogen and oxygen atoms in total. The van der Waals surface area contributed by atoms with Gasteiger partial charge in [-0.1, -0.05) is 18.2 Å². The fraction of sp³-hybridized carbons (Fsp3) is 0.458. The van der Waals surface area contributed by atoms with E-state index in [1.807, 2.05) is 12.1 Å². The Hall–Kier alpha value is -2.16. The molecule has 2 aromatic carbocycles. The summed E-state index contributed by atoms with van der Waals surface area (Å²) in [5.74, 6) is 1.68. The molecule has 31 heavy (non-hydrogen) atoms. The molecule has 0 radical (unpaired) electrons. The van der Waals surface area contributed by atoms with Crippen LogP contribution in [0, 0.1) is 0 Å². The van der Waals surface area contributed by atoms with E-state index in [1.165, 1.54) is 24.1 Å². The van der Waals surface area contributed by atoms with Crippen molar-refractivity contribution in [3.05, 3.63) is 53.6 Å². The summed E-state index contributed by atoms with van der Waals surface area (Å²) in [5.41, 5.74) is 3.41. The minimum absolute atomic E-state index is 0. The molecule has 0 aromatic heterocycles. The summed E-state index contributed by atoms with van der Waals surface area (Å²) in [6, 6.07) is 14.3. The Kier molecular flexibility index (Phi) is 10.2. The molecular weight excluding hydrogens is 503 g/mol. The van der Waals surface area contributed by atoms with Crippen molar-refractivity contribution in [1.29, 1.82) is 0 Å². The van der Waals surface area contributed by atoms with Gasteiger partial charge in [0, 0.05) is 37.9 Å². The number of phenolic OH excluding ortho intramolecular Hbond substituents is 1. The second-order valence-corrected chi connectivity index (χ2v) is 7.66. The summed E-state index contributed by atoms with van der Waals surface area (Å²) >= 11 is 0. The number of aromatic hydroxyl groups is 1. The molecule has 1 atom stereocenters. The van der Waals surface area contributed by atoms with E-state index >= 15 is 0 Å². The van der Waals surface area contributed by atoms with Gasteiger partial charge in [0.15, 0.2) is 5.96 Å². The average Bonchev–Trinajstić information content (AvgIpc) is 3.30. The predicted molar refractivity (Wildman–Crippen MR) is 139 cm³/mol. The molecule has 0 bridgehead atoms. The minimum atomic E-state index is 0. The van der Waals surface area contributed by atoms with Gasteiger partial charge in [-0.2, -0.15) is 0 Å². The van der Waals surface area contributed by atoms with E-state index in [1.54, 1.807) is 13.2 Å². The normalized spacial score (nSPS) is 14.7. The van der Waals surface area contributed by atoms with E-state index in [0.29, 0.717) is 18.7 Å². The van der Waals surface area contributed by atoms with E-state index < -0.39 is 0 Å². The van der Waals surface area contributed by atoms with Crippen LogP contribution >= 0.6 is 24.0 Å². The van der Waals surface area contributed by atoms with Crippen LogP contribution in [0.15, 0.2) is 47.5 Å². The highest BCUT2D eigenvalue weighted by Crippen LogP contribution is 2.25. The Morgan fingerprint density at radius 1 is 1.19 bits per heavy atom. The van der Waals surface area contributed by atoms with Crippen molar-refractivity contribution in [2.24, 2.45) is 4.99 Å². The highest BCUT2D eigenvalue weighted by Gasteiger charge is 2.14. The van der Waals surface area contributed by atoms with Crippen molar-refractivity contribution >= 4 is 35.6 Å². The van der Waals surface area contributed by atoms with Gasteiger partial charge in [0.2, 0.25) is 0 Å². The Morgan fingerprint density at radius 2 is 1.97 bits per heavy atom. The molecule has 1 heterocycles. The molecule has 3 rings (SSSR count). The molecule has 3 N–H and O–H groups in total. The lowest BCUT2D eigenvalue weighted by Gasteiger charge is -2.22. The third-order valence-electron chi connectivity index (χ3n) is 5.48. The van der Waals surface area contributed by atoms with Gasteiger partial charge >= 0.3 is 0 Å². The Morgan fingerprint density at radius 3 is 2.65 bits per heavy atom. The standard InChI is InChI=1S/C24H34N4O2.HI/c1-4-25-24(26-13-12-19-10-11-22(30-3)17-23(19)29)27-18(2)20-8-7-9-21(16-20)28-14-5-6-15-28;/h7-11,16-18,29H,4-6,12-15H2,1-3H3,(H2,25,26,27);1H. The fourth-order valence-corrected chi connectivity index (χ4v) is 3.74. The monoisotopic (exact) mass is 538 g/mol. The van der Waals surface area contributed by atoms with Crippen LogP contribution in [0.3, 0.4) is 0 Å². The molecule has 1 saturated heterocycles. The lowest BCUT2D eigenvalue weighted by molar-refractivity contribution is 0.406. The fourth-order valence-electron chi connectivity index (χ4n) is 3.74. The number of hydrogen-bond acceptors (Lipinski definition) is 4. The number of rotatable bonds is 8. The molecule has 1 aliphatic rings. The third-order valence-corrected chi connectivity index (χ3v) is 5.48. The summed E-state index contributed by atoms with van der Waals surface area (Å²) in [7, 11) is 1.59. The van der Waals surface area contributed by atoms with Crippen molar-refractivity contribution in [3.8, 4) is 11.5 Å². The number of nitrogens with one attached hydrogen (secondary N) is 2. The van der Waals surface area contributed by atoms with Gasteiger partial charge in [-0.25, -0.2) is 0 Å². The van der Waals surface area contributed by atoms with Gasteiger partial charge < -0.3 is 25.4 Å². The molecule has 1 unspecified atom stereocenters. The number of nitrogens with zero attached hydrogens (tertiary/aromatic N) is 2. The van der Waals surface area contributed by atoms with E-state index in [9.17, 15) is 5.11 Å². The molecule has 0 aliphatic carbocycles. The smallest absolute Gasteiger partial charge is 0.191 e. The lowest BCUT2D eigenvalue weighted by Crippen LogP contribution is -2.39. The lowest BCUT2D eigenvalue weighted by atomic mass is 10.1. The SMILES string of the molecule is CCNC(=NCCc1ccc(OC)cc1O)NC(C)c1cccc(N2CCCC2)c1.I. The highest BCUT2D eigenvalue weighted by molar-refractivity contribution is 14.0. The Labute approximate surface area is 203 Å². The molecule has 0 saturated carbocycles. The zero-order valence-electron chi connectivity index (χ0n) is 18.7. The molecule has 1 aliphatic heterocycles. The minimum Gasteiger partial charge on any atom is -0.508 e. The van der Waals surface area contributed by atoms with Crippen LogP contribution in [0.5, 0.6) is 11.5 Å². The quantitative estimate of drug-likeness (QED) is 0.263. The number of phenols is 1. The second kappa shape index (κ2) is 12.6. The van der Waals surface area contributed by atoms with Crippen LogP contribution in [-0.2, 0) is 6.42 Å². The van der Waals surface area contributed by atoms with Crippen LogP contribution in [0.1, 0.15) is 43.9 Å². The van der Waals surface area contributed by atoms with Crippen LogP contribution in [-0.4, -0.2) is 44.4 Å². The maximum Gasteiger partial charge on any atom is 0.191 e. The van der Waals surface area contributed by atoms with Crippen molar-refractivity contribution in [2.45, 2.75) is 39.2 Å². The van der Waals surface area contributed by atoms with Crippen LogP contribution in [0.4, 0.5) is 5.69 Å². The average molecular weight is 538 g/mol. The van der Waals surface area contributed by atoms with Gasteiger partial charge in [0.25, 0.3) is 0 Å². The number of hydrogen-bond donors (Lipinski definition) is 3. The van der Waals surface area contributed by atoms with E-state index in [2.05, 4.69) is 53.6 Å². The third kappa shape index (κ3) is 7.19. The maximum absolute atomic E-state index is 10.1. The maximum atomic E-state index is 10.1. The summed E-state index contributed by atoms with van der Waals surface area (Å²) in [4.78, 5) is 7.15. The summed E-state index contributed by atoms with van der Waals surface area (Å²) in [5, 5.41) is 17.0. The predicted octanol–water partition coefficient (Wildman–Crippen LogP) is 4.48. The first-order valence-electron chi connectivity index (χ1n) is 10.9. The van der Waals surface area contributed by atoms with E-state index in [-0.39, 0.29) is 35.8 Å². The molecule has 0 amide bonds. The number of benzene rings is 2. The number of methoxy groups -OCH3 is 1. The van der Waals surface area contributed by atoms with Crippen LogP contribution in [0.2, 0.25) is 0 Å². The molecule has 2 aromatic rings. The van der Waals surface area contributed by atoms with Crippen molar-refractivity contribution < 1.29 is 9.84 Å². The van der Waals surface area contributed by atoms with Crippen molar-refractivity contribution in [3.63, 3.8) is 0 Å². The number of halogens is 1. The van der Waals surface area contributed by atoms with E-state index in [4.69, 9.17) is 9.73 Å². The van der Waals surface area contributed by atoms with Crippen LogP contribution in [0.25, 0.3) is 0 Å². The zero-order chi connectivity index (χ0) is 21.3. The largest absolute Gasteiger partial charge is 0.508 e. The Bertz CT molecular complexity index is 853. The first-order valence-corrected chi connectivity index (χ1v) is 10.9. The van der Waals surface area contributed by atoms with Crippen molar-refractivity contribution in [1.82, 2.24) is 10.6 Å². The number of aliphatic imine (C=N–C) groups is 1. The van der Waals surface area contributed by atoms with Gasteiger partial charge in [-0.3, -0.25) is 4.99 Å². The van der Waals surface area contributed by atoms with Crippen molar-refractivity contribution in [2.75, 3.05) is 38.2 Å². The second-order valence-electron chi connectivity index (χ2n) is 7.66. The van der Waals surface area contributed by atoms with Crippen LogP contribution < -0.4 is 20.3 Å². The first kappa shape index (κ1) is 25.1. The zero-order valence-corrected chi connectivity index (χ0v) is 21.1. The first-order chi connectivity index (χ1) is 14.6. The molecule has 1 fully saturated rings. The van der Waals surface area contributed by atoms with E-state index in [0.717, 1.165) is 31.2 Å². The summed E-state index contributed by atoms with van der Waals surface area (Å²) in [6.45, 7) is 7.88. The van der Waals surface area contributed by atoms with Gasteiger partial charge in [0.1, 0.15) is 11.5 Å². The summed E-state index contributed by atoms with van der Waals surface area (Å²) in [6.07, 6.45) is 3.21. The number of anilines is 1. The summed E-state index contributed by atoms with van der Waals surface area (Å²) < 4.78 is 5.14. The highest BCUT2D eigenvalue weighted by atomic mass is 127. The number of guanidine groups is 1. The molecule has 7 heteroatoms. The molecular formula is C24H35IN4O2.